The highest BCUT2D eigenvalue weighted by atomic mass is 19.4. The number of alkyl halides is 3. The lowest BCUT2D eigenvalue weighted by Crippen LogP contribution is -2.56. The summed E-state index contributed by atoms with van der Waals surface area (Å²) >= 11 is 0. The van der Waals surface area contributed by atoms with Gasteiger partial charge in [0, 0.05) is 25.7 Å². The summed E-state index contributed by atoms with van der Waals surface area (Å²) in [6.45, 7) is 4.43. The molecule has 1 rings (SSSR count). The number of rotatable bonds is 3. The lowest BCUT2D eigenvalue weighted by Gasteiger charge is -2.35. The second kappa shape index (κ2) is 5.68. The Morgan fingerprint density at radius 3 is 2.76 bits per heavy atom. The highest BCUT2D eigenvalue weighted by Crippen LogP contribution is 2.12. The van der Waals surface area contributed by atoms with Crippen molar-refractivity contribution in [2.24, 2.45) is 0 Å². The van der Waals surface area contributed by atoms with Crippen molar-refractivity contribution in [1.29, 1.82) is 0 Å². The van der Waals surface area contributed by atoms with Gasteiger partial charge in [-0.3, -0.25) is 9.69 Å². The Bertz CT molecular complexity index is 270. The molecule has 1 aliphatic heterocycles. The summed E-state index contributed by atoms with van der Waals surface area (Å²) in [4.78, 5) is 13.4. The number of hydrogen-bond acceptors (Lipinski definition) is 3. The van der Waals surface area contributed by atoms with Gasteiger partial charge in [0.1, 0.15) is 6.54 Å². The van der Waals surface area contributed by atoms with Crippen LogP contribution in [0.1, 0.15) is 13.8 Å². The molecule has 1 fully saturated rings. The predicted octanol–water partition coefficient (Wildman–Crippen LogP) is 0.347. The molecule has 4 nitrogen and oxygen atoms in total. The molecule has 2 atom stereocenters. The maximum atomic E-state index is 11.9. The number of nitrogens with one attached hydrogen (secondary N) is 2. The van der Waals surface area contributed by atoms with Crippen molar-refractivity contribution in [3.8, 4) is 0 Å². The number of halogens is 3. The van der Waals surface area contributed by atoms with Gasteiger partial charge >= 0.3 is 6.18 Å². The maximum absolute atomic E-state index is 11.9. The summed E-state index contributed by atoms with van der Waals surface area (Å²) in [5.41, 5.74) is 0. The molecule has 1 amide bonds. The molecule has 0 bridgehead atoms. The fourth-order valence-electron chi connectivity index (χ4n) is 1.81. The second-order valence-corrected chi connectivity index (χ2v) is 4.36. The lowest BCUT2D eigenvalue weighted by molar-refractivity contribution is -0.141. The van der Waals surface area contributed by atoms with Crippen LogP contribution in [0.25, 0.3) is 0 Å². The molecule has 17 heavy (non-hydrogen) atoms. The summed E-state index contributed by atoms with van der Waals surface area (Å²) in [6, 6.07) is -0.275. The summed E-state index contributed by atoms with van der Waals surface area (Å²) < 4.78 is 35.8. The molecule has 2 N–H and O–H groups in total. The average molecular weight is 253 g/mol. The van der Waals surface area contributed by atoms with Crippen molar-refractivity contribution < 1.29 is 18.0 Å². The van der Waals surface area contributed by atoms with Crippen molar-refractivity contribution in [2.75, 3.05) is 26.2 Å². The maximum Gasteiger partial charge on any atom is 0.405 e. The second-order valence-electron chi connectivity index (χ2n) is 4.36. The van der Waals surface area contributed by atoms with Crippen LogP contribution in [-0.4, -0.2) is 55.2 Å². The van der Waals surface area contributed by atoms with Crippen molar-refractivity contribution in [3.63, 3.8) is 0 Å². The molecule has 1 saturated heterocycles. The van der Waals surface area contributed by atoms with Gasteiger partial charge in [0.05, 0.1) is 6.04 Å². The molecule has 0 aromatic carbocycles. The summed E-state index contributed by atoms with van der Waals surface area (Å²) in [5, 5.41) is 5.12. The minimum atomic E-state index is -4.36. The molecule has 0 aromatic rings. The Labute approximate surface area is 98.5 Å². The van der Waals surface area contributed by atoms with E-state index < -0.39 is 24.7 Å². The molecule has 7 heteroatoms. The Hall–Kier alpha value is -0.820. The molecule has 1 unspecified atom stereocenters. The molecule has 0 radical (unpaired) electrons. The highest BCUT2D eigenvalue weighted by Gasteiger charge is 2.30. The van der Waals surface area contributed by atoms with E-state index in [1.54, 1.807) is 6.92 Å². The quantitative estimate of drug-likeness (QED) is 0.762. The monoisotopic (exact) mass is 253 g/mol. The standard InChI is InChI=1S/C10H18F3N3O/c1-7-5-16(4-3-14-7)8(2)9(17)15-6-10(11,12)13/h7-8,14H,3-6H2,1-2H3,(H,15,17)/t7-,8?/m1/s1. The van der Waals surface area contributed by atoms with Gasteiger partial charge in [0.2, 0.25) is 5.91 Å². The van der Waals surface area contributed by atoms with Crippen LogP contribution in [0, 0.1) is 0 Å². The minimum Gasteiger partial charge on any atom is -0.346 e. The average Bonchev–Trinajstić information content (AvgIpc) is 2.24. The van der Waals surface area contributed by atoms with Crippen molar-refractivity contribution in [2.45, 2.75) is 32.1 Å². The fourth-order valence-corrected chi connectivity index (χ4v) is 1.81. The first-order valence-electron chi connectivity index (χ1n) is 5.61. The molecular weight excluding hydrogens is 235 g/mol. The smallest absolute Gasteiger partial charge is 0.346 e. The van der Waals surface area contributed by atoms with Crippen LogP contribution < -0.4 is 10.6 Å². The predicted molar refractivity (Wildman–Crippen MR) is 57.6 cm³/mol. The van der Waals surface area contributed by atoms with Crippen LogP contribution in [0.5, 0.6) is 0 Å². The van der Waals surface area contributed by atoms with Crippen LogP contribution in [0.3, 0.4) is 0 Å². The van der Waals surface area contributed by atoms with E-state index in [9.17, 15) is 18.0 Å². The van der Waals surface area contributed by atoms with Gasteiger partial charge in [-0.15, -0.1) is 0 Å². The zero-order valence-corrected chi connectivity index (χ0v) is 9.97. The third kappa shape index (κ3) is 4.91. The third-order valence-electron chi connectivity index (χ3n) is 2.79. The Balaban J connectivity index is 2.40. The number of carbonyl (C=O) groups is 1. The summed E-state index contributed by atoms with van der Waals surface area (Å²) in [7, 11) is 0. The molecule has 1 heterocycles. The van der Waals surface area contributed by atoms with Gasteiger partial charge in [0.25, 0.3) is 0 Å². The van der Waals surface area contributed by atoms with Gasteiger partial charge < -0.3 is 10.6 Å². The molecular formula is C10H18F3N3O. The van der Waals surface area contributed by atoms with E-state index in [0.717, 1.165) is 6.54 Å². The van der Waals surface area contributed by atoms with Crippen molar-refractivity contribution in [1.82, 2.24) is 15.5 Å². The summed E-state index contributed by atoms with van der Waals surface area (Å²) in [5.74, 6) is -0.573. The normalized spacial score (nSPS) is 24.4. The van der Waals surface area contributed by atoms with Gasteiger partial charge in [-0.05, 0) is 13.8 Å². The van der Waals surface area contributed by atoms with E-state index in [-0.39, 0.29) is 6.04 Å². The first-order chi connectivity index (χ1) is 7.79. The fraction of sp³-hybridized carbons (Fsp3) is 0.900. The largest absolute Gasteiger partial charge is 0.405 e. The van der Waals surface area contributed by atoms with Crippen LogP contribution >= 0.6 is 0 Å². The first-order valence-corrected chi connectivity index (χ1v) is 5.61. The topological polar surface area (TPSA) is 44.4 Å². The Morgan fingerprint density at radius 1 is 1.59 bits per heavy atom. The third-order valence-corrected chi connectivity index (χ3v) is 2.79. The van der Waals surface area contributed by atoms with Crippen LogP contribution in [0.2, 0.25) is 0 Å². The molecule has 100 valence electrons. The van der Waals surface area contributed by atoms with E-state index >= 15 is 0 Å². The number of nitrogens with zero attached hydrogens (tertiary/aromatic N) is 1. The van der Waals surface area contributed by atoms with Crippen LogP contribution in [-0.2, 0) is 4.79 Å². The number of piperazine rings is 1. The van der Waals surface area contributed by atoms with Crippen LogP contribution in [0.15, 0.2) is 0 Å². The number of amides is 1. The van der Waals surface area contributed by atoms with Gasteiger partial charge in [-0.1, -0.05) is 0 Å². The first kappa shape index (κ1) is 14.2. The molecule has 0 aliphatic carbocycles. The minimum absolute atomic E-state index is 0.251. The van der Waals surface area contributed by atoms with E-state index in [1.807, 2.05) is 17.1 Å². The van der Waals surface area contributed by atoms with E-state index in [2.05, 4.69) is 5.32 Å². The molecule has 0 aromatic heterocycles. The number of carbonyl (C=O) groups excluding carboxylic acids is 1. The van der Waals surface area contributed by atoms with E-state index in [4.69, 9.17) is 0 Å². The van der Waals surface area contributed by atoms with Gasteiger partial charge in [-0.2, -0.15) is 13.2 Å². The zero-order chi connectivity index (χ0) is 13.1. The van der Waals surface area contributed by atoms with Gasteiger partial charge in [-0.25, -0.2) is 0 Å². The molecule has 0 spiro atoms. The molecule has 1 aliphatic rings. The van der Waals surface area contributed by atoms with Crippen molar-refractivity contribution in [3.05, 3.63) is 0 Å². The number of hydrogen-bond donors (Lipinski definition) is 2. The molecule has 0 saturated carbocycles. The highest BCUT2D eigenvalue weighted by molar-refractivity contribution is 5.81. The van der Waals surface area contributed by atoms with Gasteiger partial charge in [0.15, 0.2) is 0 Å². The SMILES string of the molecule is CC(C(=O)NCC(F)(F)F)N1CCN[C@H](C)C1. The Morgan fingerprint density at radius 2 is 2.24 bits per heavy atom. The van der Waals surface area contributed by atoms with E-state index in [0.29, 0.717) is 13.1 Å². The van der Waals surface area contributed by atoms with E-state index in [1.165, 1.54) is 0 Å². The zero-order valence-electron chi connectivity index (χ0n) is 9.97. The lowest BCUT2D eigenvalue weighted by atomic mass is 10.1. The summed E-state index contributed by atoms with van der Waals surface area (Å²) in [6.07, 6.45) is -4.36. The van der Waals surface area contributed by atoms with Crippen LogP contribution in [0.4, 0.5) is 13.2 Å². The Kier molecular flexibility index (Phi) is 4.76. The van der Waals surface area contributed by atoms with Crippen molar-refractivity contribution >= 4 is 5.91 Å².